The number of aromatic nitrogens is 2. The highest BCUT2D eigenvalue weighted by Gasteiger charge is 2.15. The van der Waals surface area contributed by atoms with Gasteiger partial charge in [-0.1, -0.05) is 0 Å². The SMILES string of the molecule is N#Cc1cnc(SC2CCOCC2)cn1. The summed E-state index contributed by atoms with van der Waals surface area (Å²) < 4.78 is 5.28. The molecule has 0 aliphatic carbocycles. The Morgan fingerprint density at radius 2 is 2.13 bits per heavy atom. The molecule has 1 saturated heterocycles. The maximum Gasteiger partial charge on any atom is 0.158 e. The molecule has 0 atom stereocenters. The van der Waals surface area contributed by atoms with Gasteiger partial charge in [-0.3, -0.25) is 0 Å². The van der Waals surface area contributed by atoms with Gasteiger partial charge < -0.3 is 4.74 Å². The van der Waals surface area contributed by atoms with Crippen LogP contribution in [0.3, 0.4) is 0 Å². The van der Waals surface area contributed by atoms with Gasteiger partial charge in [0.2, 0.25) is 0 Å². The first kappa shape index (κ1) is 10.4. The number of nitriles is 1. The molecule has 2 rings (SSSR count). The van der Waals surface area contributed by atoms with E-state index in [0.29, 0.717) is 10.9 Å². The Labute approximate surface area is 92.7 Å². The van der Waals surface area contributed by atoms with Crippen LogP contribution < -0.4 is 0 Å². The molecule has 1 aliphatic heterocycles. The molecule has 0 aromatic carbocycles. The Bertz CT molecular complexity index is 354. The second-order valence-corrected chi connectivity index (χ2v) is 4.60. The smallest absolute Gasteiger partial charge is 0.158 e. The maximum absolute atomic E-state index is 8.57. The minimum Gasteiger partial charge on any atom is -0.381 e. The van der Waals surface area contributed by atoms with Gasteiger partial charge in [-0.25, -0.2) is 9.97 Å². The van der Waals surface area contributed by atoms with Crippen LogP contribution in [0.25, 0.3) is 0 Å². The zero-order valence-corrected chi connectivity index (χ0v) is 9.04. The molecule has 0 unspecified atom stereocenters. The molecule has 0 saturated carbocycles. The highest BCUT2D eigenvalue weighted by molar-refractivity contribution is 7.99. The van der Waals surface area contributed by atoms with Crippen molar-refractivity contribution in [2.75, 3.05) is 13.2 Å². The van der Waals surface area contributed by atoms with Crippen LogP contribution in [0.5, 0.6) is 0 Å². The van der Waals surface area contributed by atoms with Crippen LogP contribution in [0.1, 0.15) is 18.5 Å². The molecule has 5 heteroatoms. The van der Waals surface area contributed by atoms with E-state index >= 15 is 0 Å². The van der Waals surface area contributed by atoms with Crippen molar-refractivity contribution in [3.8, 4) is 6.07 Å². The van der Waals surface area contributed by atoms with Crippen molar-refractivity contribution in [1.82, 2.24) is 9.97 Å². The predicted molar refractivity (Wildman–Crippen MR) is 56.4 cm³/mol. The zero-order chi connectivity index (χ0) is 10.5. The van der Waals surface area contributed by atoms with Crippen molar-refractivity contribution in [2.24, 2.45) is 0 Å². The fraction of sp³-hybridized carbons (Fsp3) is 0.500. The van der Waals surface area contributed by atoms with Crippen molar-refractivity contribution >= 4 is 11.8 Å². The number of thioether (sulfide) groups is 1. The van der Waals surface area contributed by atoms with Gasteiger partial charge in [-0.05, 0) is 12.8 Å². The molecule has 78 valence electrons. The number of hydrogen-bond acceptors (Lipinski definition) is 5. The lowest BCUT2D eigenvalue weighted by Gasteiger charge is -2.20. The number of hydrogen-bond donors (Lipinski definition) is 0. The highest BCUT2D eigenvalue weighted by Crippen LogP contribution is 2.27. The average Bonchev–Trinajstić information content (AvgIpc) is 2.31. The van der Waals surface area contributed by atoms with E-state index in [0.717, 1.165) is 31.1 Å². The van der Waals surface area contributed by atoms with Crippen LogP contribution in [0, 0.1) is 11.3 Å². The Morgan fingerprint density at radius 3 is 2.73 bits per heavy atom. The van der Waals surface area contributed by atoms with Crippen LogP contribution in [-0.4, -0.2) is 28.4 Å². The minimum atomic E-state index is 0.367. The van der Waals surface area contributed by atoms with Gasteiger partial charge >= 0.3 is 0 Å². The first-order chi connectivity index (χ1) is 7.38. The van der Waals surface area contributed by atoms with Gasteiger partial charge in [-0.2, -0.15) is 5.26 Å². The summed E-state index contributed by atoms with van der Waals surface area (Å²) in [7, 11) is 0. The Hall–Kier alpha value is -1.12. The first-order valence-corrected chi connectivity index (χ1v) is 5.73. The molecule has 1 aliphatic rings. The first-order valence-electron chi connectivity index (χ1n) is 4.85. The van der Waals surface area contributed by atoms with Crippen molar-refractivity contribution in [2.45, 2.75) is 23.1 Å². The average molecular weight is 221 g/mol. The van der Waals surface area contributed by atoms with Crippen LogP contribution in [0.4, 0.5) is 0 Å². The van der Waals surface area contributed by atoms with Crippen molar-refractivity contribution < 1.29 is 4.74 Å². The molecule has 4 nitrogen and oxygen atoms in total. The normalized spacial score (nSPS) is 17.3. The summed E-state index contributed by atoms with van der Waals surface area (Å²) in [4.78, 5) is 8.17. The molecule has 2 heterocycles. The lowest BCUT2D eigenvalue weighted by atomic mass is 10.2. The second kappa shape index (κ2) is 5.10. The largest absolute Gasteiger partial charge is 0.381 e. The molecular formula is C10H11N3OS. The molecule has 0 radical (unpaired) electrons. The summed E-state index contributed by atoms with van der Waals surface area (Å²) in [6.45, 7) is 1.67. The van der Waals surface area contributed by atoms with Gasteiger partial charge in [0.25, 0.3) is 0 Å². The Balaban J connectivity index is 1.95. The van der Waals surface area contributed by atoms with Crippen molar-refractivity contribution in [3.05, 3.63) is 18.1 Å². The standard InChI is InChI=1S/C10H11N3OS/c11-5-8-6-13-10(7-12-8)15-9-1-3-14-4-2-9/h6-7,9H,1-4H2. The summed E-state index contributed by atoms with van der Waals surface area (Å²) in [6.07, 6.45) is 5.30. The van der Waals surface area contributed by atoms with E-state index in [4.69, 9.17) is 10.00 Å². The number of rotatable bonds is 2. The van der Waals surface area contributed by atoms with Gasteiger partial charge in [0.05, 0.1) is 12.4 Å². The van der Waals surface area contributed by atoms with E-state index in [9.17, 15) is 0 Å². The predicted octanol–water partition coefficient (Wildman–Crippen LogP) is 1.62. The highest BCUT2D eigenvalue weighted by atomic mass is 32.2. The minimum absolute atomic E-state index is 0.367. The van der Waals surface area contributed by atoms with Gasteiger partial charge in [0.1, 0.15) is 11.1 Å². The molecule has 1 aromatic heterocycles. The van der Waals surface area contributed by atoms with Gasteiger partial charge in [0, 0.05) is 18.5 Å². The molecule has 15 heavy (non-hydrogen) atoms. The molecule has 0 amide bonds. The lowest BCUT2D eigenvalue weighted by Crippen LogP contribution is -2.17. The van der Waals surface area contributed by atoms with Crippen LogP contribution in [0.2, 0.25) is 0 Å². The van der Waals surface area contributed by atoms with Crippen molar-refractivity contribution in [1.29, 1.82) is 5.26 Å². The van der Waals surface area contributed by atoms with E-state index in [1.54, 1.807) is 18.0 Å². The number of ether oxygens (including phenoxy) is 1. The van der Waals surface area contributed by atoms with Crippen LogP contribution >= 0.6 is 11.8 Å². The zero-order valence-electron chi connectivity index (χ0n) is 8.22. The third-order valence-corrected chi connectivity index (χ3v) is 3.46. The summed E-state index contributed by atoms with van der Waals surface area (Å²) in [5.74, 6) is 0. The van der Waals surface area contributed by atoms with E-state index in [1.807, 2.05) is 6.07 Å². The quantitative estimate of drug-likeness (QED) is 0.759. The molecule has 1 aromatic rings. The molecule has 1 fully saturated rings. The third-order valence-electron chi connectivity index (χ3n) is 2.20. The third kappa shape index (κ3) is 2.91. The summed E-state index contributed by atoms with van der Waals surface area (Å²) in [5, 5.41) is 10.0. The molecule has 0 N–H and O–H groups in total. The monoisotopic (exact) mass is 221 g/mol. The Morgan fingerprint density at radius 1 is 1.33 bits per heavy atom. The Kier molecular flexibility index (Phi) is 3.54. The molecular weight excluding hydrogens is 210 g/mol. The van der Waals surface area contributed by atoms with Crippen LogP contribution in [-0.2, 0) is 4.74 Å². The topological polar surface area (TPSA) is 58.8 Å². The summed E-state index contributed by atoms with van der Waals surface area (Å²) in [5.41, 5.74) is 0.367. The van der Waals surface area contributed by atoms with Gasteiger partial charge in [0.15, 0.2) is 5.69 Å². The number of nitrogens with zero attached hydrogens (tertiary/aromatic N) is 3. The van der Waals surface area contributed by atoms with E-state index < -0.39 is 0 Å². The van der Waals surface area contributed by atoms with Gasteiger partial charge in [-0.15, -0.1) is 11.8 Å². The second-order valence-electron chi connectivity index (χ2n) is 3.28. The van der Waals surface area contributed by atoms with E-state index in [1.165, 1.54) is 6.20 Å². The lowest BCUT2D eigenvalue weighted by molar-refractivity contribution is 0.1000. The van der Waals surface area contributed by atoms with Crippen molar-refractivity contribution in [3.63, 3.8) is 0 Å². The fourth-order valence-corrected chi connectivity index (χ4v) is 2.40. The summed E-state index contributed by atoms with van der Waals surface area (Å²) in [6, 6.07) is 1.95. The maximum atomic E-state index is 8.57. The van der Waals surface area contributed by atoms with Crippen LogP contribution in [0.15, 0.2) is 17.4 Å². The van der Waals surface area contributed by atoms with E-state index in [2.05, 4.69) is 9.97 Å². The van der Waals surface area contributed by atoms with E-state index in [-0.39, 0.29) is 0 Å². The molecule has 0 bridgehead atoms. The molecule has 0 spiro atoms. The summed E-state index contributed by atoms with van der Waals surface area (Å²) >= 11 is 1.72. The fourth-order valence-electron chi connectivity index (χ4n) is 1.40.